The van der Waals surface area contributed by atoms with Crippen molar-refractivity contribution in [2.24, 2.45) is 0 Å². The van der Waals surface area contributed by atoms with Gasteiger partial charge < -0.3 is 14.2 Å². The number of ether oxygens (including phenoxy) is 3. The minimum absolute atomic E-state index is 0.00856. The second-order valence-corrected chi connectivity index (χ2v) is 6.91. The molecule has 27 heavy (non-hydrogen) atoms. The third-order valence-electron chi connectivity index (χ3n) is 4.02. The Kier molecular flexibility index (Phi) is 5.12. The number of nitro groups is 1. The number of anilines is 1. The first kappa shape index (κ1) is 20.1. The smallest absolute Gasteiger partial charge is 0.414 e. The highest BCUT2D eigenvalue weighted by Crippen LogP contribution is 2.44. The molecule has 0 saturated heterocycles. The summed E-state index contributed by atoms with van der Waals surface area (Å²) in [6, 6.07) is 3.48. The Morgan fingerprint density at radius 3 is 2.15 bits per heavy atom. The van der Waals surface area contributed by atoms with Crippen LogP contribution >= 0.6 is 0 Å². The van der Waals surface area contributed by atoms with Gasteiger partial charge in [-0.1, -0.05) is 0 Å². The number of nitrogens with zero attached hydrogens (tertiary/aromatic N) is 2. The largest absolute Gasteiger partial charge is 0.468 e. The number of esters is 2. The summed E-state index contributed by atoms with van der Waals surface area (Å²) in [6.45, 7) is 4.47. The highest BCUT2D eigenvalue weighted by Gasteiger charge is 2.59. The van der Waals surface area contributed by atoms with Crippen LogP contribution in [0, 0.1) is 10.1 Å². The standard InChI is InChI=1S/C17H20N2O8/c1-16(2,3)27-15(22)18-9-17(13(20)25-4,14(21)26-5)11-7-6-10(19(23)24)8-12(11)18/h6-8H,9H2,1-5H3. The molecule has 10 heteroatoms. The lowest BCUT2D eigenvalue weighted by Gasteiger charge is -2.26. The first-order chi connectivity index (χ1) is 12.5. The van der Waals surface area contributed by atoms with Gasteiger partial charge in [0.15, 0.2) is 0 Å². The van der Waals surface area contributed by atoms with Crippen LogP contribution in [-0.4, -0.2) is 49.3 Å². The van der Waals surface area contributed by atoms with Gasteiger partial charge in [0.1, 0.15) is 5.60 Å². The summed E-state index contributed by atoms with van der Waals surface area (Å²) in [4.78, 5) is 49.2. The lowest BCUT2D eigenvalue weighted by Crippen LogP contribution is -2.50. The summed E-state index contributed by atoms with van der Waals surface area (Å²) in [7, 11) is 2.18. The number of non-ortho nitro benzene ring substituents is 1. The molecule has 0 atom stereocenters. The molecule has 0 fully saturated rings. The van der Waals surface area contributed by atoms with Crippen LogP contribution in [0.4, 0.5) is 16.2 Å². The topological polar surface area (TPSA) is 125 Å². The van der Waals surface area contributed by atoms with E-state index in [1.807, 2.05) is 0 Å². The molecule has 0 aromatic heterocycles. The Bertz CT molecular complexity index is 796. The van der Waals surface area contributed by atoms with Crippen molar-refractivity contribution in [3.05, 3.63) is 33.9 Å². The van der Waals surface area contributed by atoms with Crippen molar-refractivity contribution in [1.29, 1.82) is 0 Å². The second-order valence-electron chi connectivity index (χ2n) is 6.91. The first-order valence-corrected chi connectivity index (χ1v) is 7.94. The third-order valence-corrected chi connectivity index (χ3v) is 4.02. The molecule has 0 aliphatic carbocycles. The Morgan fingerprint density at radius 1 is 1.15 bits per heavy atom. The van der Waals surface area contributed by atoms with Gasteiger partial charge in [0, 0.05) is 17.7 Å². The molecule has 0 N–H and O–H groups in total. The van der Waals surface area contributed by atoms with Crippen LogP contribution in [0.15, 0.2) is 18.2 Å². The fraction of sp³-hybridized carbons (Fsp3) is 0.471. The summed E-state index contributed by atoms with van der Waals surface area (Å²) in [6.07, 6.45) is -0.862. The number of benzene rings is 1. The van der Waals surface area contributed by atoms with Gasteiger partial charge in [-0.25, -0.2) is 4.79 Å². The van der Waals surface area contributed by atoms with E-state index in [-0.39, 0.29) is 16.9 Å². The van der Waals surface area contributed by atoms with Gasteiger partial charge in [-0.2, -0.15) is 0 Å². The van der Waals surface area contributed by atoms with Crippen molar-refractivity contribution in [1.82, 2.24) is 0 Å². The average molecular weight is 380 g/mol. The lowest BCUT2D eigenvalue weighted by molar-refractivity contribution is -0.384. The van der Waals surface area contributed by atoms with Gasteiger partial charge in [0.25, 0.3) is 5.69 Å². The van der Waals surface area contributed by atoms with E-state index in [4.69, 9.17) is 14.2 Å². The molecule has 1 aliphatic rings. The molecular weight excluding hydrogens is 360 g/mol. The number of amides is 1. The number of hydrogen-bond donors (Lipinski definition) is 0. The van der Waals surface area contributed by atoms with Crippen molar-refractivity contribution in [3.8, 4) is 0 Å². The van der Waals surface area contributed by atoms with E-state index in [1.54, 1.807) is 20.8 Å². The number of hydrogen-bond acceptors (Lipinski definition) is 8. The van der Waals surface area contributed by atoms with E-state index in [0.717, 1.165) is 31.3 Å². The maximum absolute atomic E-state index is 12.6. The number of carbonyl (C=O) groups is 3. The molecule has 146 valence electrons. The molecule has 1 aliphatic heterocycles. The summed E-state index contributed by atoms with van der Waals surface area (Å²) in [5, 5.41) is 11.1. The fourth-order valence-electron chi connectivity index (χ4n) is 2.89. The van der Waals surface area contributed by atoms with Crippen molar-refractivity contribution in [2.75, 3.05) is 25.7 Å². The second kappa shape index (κ2) is 6.86. The van der Waals surface area contributed by atoms with Gasteiger partial charge >= 0.3 is 18.0 Å². The molecule has 0 unspecified atom stereocenters. The van der Waals surface area contributed by atoms with Gasteiger partial charge in [0.2, 0.25) is 5.41 Å². The van der Waals surface area contributed by atoms with E-state index in [1.165, 1.54) is 6.07 Å². The van der Waals surface area contributed by atoms with E-state index in [2.05, 4.69) is 0 Å². The number of fused-ring (bicyclic) bond motifs is 1. The molecule has 0 radical (unpaired) electrons. The van der Waals surface area contributed by atoms with E-state index in [0.29, 0.717) is 0 Å². The van der Waals surface area contributed by atoms with Crippen LogP contribution in [0.1, 0.15) is 26.3 Å². The van der Waals surface area contributed by atoms with Crippen molar-refractivity contribution in [2.45, 2.75) is 31.8 Å². The predicted octanol–water partition coefficient (Wildman–Crippen LogP) is 1.93. The fourth-order valence-corrected chi connectivity index (χ4v) is 2.89. The maximum atomic E-state index is 12.6. The first-order valence-electron chi connectivity index (χ1n) is 7.94. The van der Waals surface area contributed by atoms with E-state index >= 15 is 0 Å². The zero-order chi connectivity index (χ0) is 20.6. The van der Waals surface area contributed by atoms with Crippen LogP contribution in [0.25, 0.3) is 0 Å². The van der Waals surface area contributed by atoms with E-state index < -0.39 is 40.5 Å². The van der Waals surface area contributed by atoms with Crippen LogP contribution in [0.5, 0.6) is 0 Å². The molecule has 2 rings (SSSR count). The molecule has 0 bridgehead atoms. The minimum Gasteiger partial charge on any atom is -0.468 e. The summed E-state index contributed by atoms with van der Waals surface area (Å²) in [5.74, 6) is -1.90. The highest BCUT2D eigenvalue weighted by molar-refractivity contribution is 6.12. The average Bonchev–Trinajstić information content (AvgIpc) is 2.94. The van der Waals surface area contributed by atoms with Crippen LogP contribution < -0.4 is 4.90 Å². The zero-order valence-electron chi connectivity index (χ0n) is 15.6. The van der Waals surface area contributed by atoms with Crippen molar-refractivity contribution < 1.29 is 33.5 Å². The zero-order valence-corrected chi connectivity index (χ0v) is 15.6. The monoisotopic (exact) mass is 380 g/mol. The molecule has 1 aromatic rings. The normalized spacial score (nSPS) is 14.9. The quantitative estimate of drug-likeness (QED) is 0.256. The van der Waals surface area contributed by atoms with Gasteiger partial charge in [-0.05, 0) is 26.8 Å². The molecule has 0 spiro atoms. The maximum Gasteiger partial charge on any atom is 0.414 e. The number of nitro benzene ring substituents is 1. The molecule has 1 aromatic carbocycles. The Labute approximate surface area is 155 Å². The molecule has 0 saturated carbocycles. The number of carbonyl (C=O) groups excluding carboxylic acids is 3. The van der Waals surface area contributed by atoms with Crippen LogP contribution in [-0.2, 0) is 29.2 Å². The predicted molar refractivity (Wildman–Crippen MR) is 92.4 cm³/mol. The Balaban J connectivity index is 2.69. The molecule has 1 heterocycles. The number of methoxy groups -OCH3 is 2. The Hall–Kier alpha value is -3.17. The minimum atomic E-state index is -1.97. The van der Waals surface area contributed by atoms with E-state index in [9.17, 15) is 24.5 Å². The van der Waals surface area contributed by atoms with Gasteiger partial charge in [-0.15, -0.1) is 0 Å². The summed E-state index contributed by atoms with van der Waals surface area (Å²) < 4.78 is 14.9. The molecular formula is C17H20N2O8. The van der Waals surface area contributed by atoms with Gasteiger partial charge in [-0.3, -0.25) is 24.6 Å². The molecule has 1 amide bonds. The van der Waals surface area contributed by atoms with Crippen molar-refractivity contribution in [3.63, 3.8) is 0 Å². The third kappa shape index (κ3) is 3.42. The summed E-state index contributed by atoms with van der Waals surface area (Å²) >= 11 is 0. The summed E-state index contributed by atoms with van der Waals surface area (Å²) in [5.41, 5.74) is -3.07. The Morgan fingerprint density at radius 2 is 1.70 bits per heavy atom. The van der Waals surface area contributed by atoms with Crippen LogP contribution in [0.2, 0.25) is 0 Å². The highest BCUT2D eigenvalue weighted by atomic mass is 16.6. The number of rotatable bonds is 3. The lowest BCUT2D eigenvalue weighted by atomic mass is 9.82. The van der Waals surface area contributed by atoms with Crippen LogP contribution in [0.3, 0.4) is 0 Å². The van der Waals surface area contributed by atoms with Gasteiger partial charge in [0.05, 0.1) is 31.4 Å². The molecule has 10 nitrogen and oxygen atoms in total. The van der Waals surface area contributed by atoms with Crippen molar-refractivity contribution >= 4 is 29.4 Å². The SMILES string of the molecule is COC(=O)C1(C(=O)OC)CN(C(=O)OC(C)(C)C)c2cc([N+](=O)[O-])ccc21.